The number of anilines is 2. The first kappa shape index (κ1) is 20.5. The highest BCUT2D eigenvalue weighted by atomic mass is 16.5. The lowest BCUT2D eigenvalue weighted by Crippen LogP contribution is -2.15. The number of carbonyl (C=O) groups excluding carboxylic acids is 2. The van der Waals surface area contributed by atoms with Crippen LogP contribution in [0.5, 0.6) is 11.5 Å². The zero-order chi connectivity index (χ0) is 21.8. The second-order valence-corrected chi connectivity index (χ2v) is 7.36. The highest BCUT2D eigenvalue weighted by molar-refractivity contribution is 6.07. The molecule has 0 saturated carbocycles. The number of ether oxygens (including phenoxy) is 2. The molecule has 6 nitrogen and oxygen atoms in total. The number of nitrogens with one attached hydrogen (secondary N) is 2. The summed E-state index contributed by atoms with van der Waals surface area (Å²) in [6.07, 6.45) is 3.20. The Morgan fingerprint density at radius 1 is 0.710 bits per heavy atom. The van der Waals surface area contributed by atoms with Gasteiger partial charge in [-0.3, -0.25) is 9.59 Å². The second-order valence-electron chi connectivity index (χ2n) is 7.36. The first-order valence-corrected chi connectivity index (χ1v) is 10.1. The summed E-state index contributed by atoms with van der Waals surface area (Å²) in [5.41, 5.74) is 4.58. The third kappa shape index (κ3) is 4.38. The third-order valence-electron chi connectivity index (χ3n) is 5.41. The van der Waals surface area contributed by atoms with Gasteiger partial charge in [-0.05, 0) is 54.7 Å². The SMILES string of the molecule is COc1cc(NC(=O)c2ccc3c(c2)CCC3)c(OC)cc1NC(=O)c1ccccc1. The largest absolute Gasteiger partial charge is 0.494 e. The van der Waals surface area contributed by atoms with Crippen molar-refractivity contribution in [3.05, 3.63) is 82.9 Å². The van der Waals surface area contributed by atoms with Gasteiger partial charge < -0.3 is 20.1 Å². The highest BCUT2D eigenvalue weighted by Gasteiger charge is 2.18. The molecule has 0 aliphatic heterocycles. The van der Waals surface area contributed by atoms with Crippen molar-refractivity contribution in [2.75, 3.05) is 24.9 Å². The first-order valence-electron chi connectivity index (χ1n) is 10.1. The quantitative estimate of drug-likeness (QED) is 0.611. The van der Waals surface area contributed by atoms with E-state index in [1.54, 1.807) is 36.4 Å². The van der Waals surface area contributed by atoms with Crippen molar-refractivity contribution in [2.24, 2.45) is 0 Å². The normalized spacial score (nSPS) is 12.1. The van der Waals surface area contributed by atoms with Crippen molar-refractivity contribution in [2.45, 2.75) is 19.3 Å². The molecule has 2 amide bonds. The molecule has 31 heavy (non-hydrogen) atoms. The van der Waals surface area contributed by atoms with Crippen LogP contribution in [0.3, 0.4) is 0 Å². The van der Waals surface area contributed by atoms with Crippen molar-refractivity contribution < 1.29 is 19.1 Å². The van der Waals surface area contributed by atoms with Gasteiger partial charge >= 0.3 is 0 Å². The lowest BCUT2D eigenvalue weighted by atomic mass is 10.1. The second kappa shape index (κ2) is 8.92. The van der Waals surface area contributed by atoms with Gasteiger partial charge in [0.15, 0.2) is 0 Å². The van der Waals surface area contributed by atoms with Gasteiger partial charge in [0, 0.05) is 23.3 Å². The van der Waals surface area contributed by atoms with Gasteiger partial charge in [-0.1, -0.05) is 24.3 Å². The molecule has 0 radical (unpaired) electrons. The lowest BCUT2D eigenvalue weighted by molar-refractivity contribution is 0.101. The average Bonchev–Trinajstić information content (AvgIpc) is 3.28. The van der Waals surface area contributed by atoms with Crippen molar-refractivity contribution >= 4 is 23.2 Å². The smallest absolute Gasteiger partial charge is 0.255 e. The predicted molar refractivity (Wildman–Crippen MR) is 120 cm³/mol. The van der Waals surface area contributed by atoms with Crippen LogP contribution in [0.4, 0.5) is 11.4 Å². The van der Waals surface area contributed by atoms with Crippen LogP contribution in [0.15, 0.2) is 60.7 Å². The summed E-state index contributed by atoms with van der Waals surface area (Å²) in [4.78, 5) is 25.4. The van der Waals surface area contributed by atoms with Crippen LogP contribution in [0.2, 0.25) is 0 Å². The maximum atomic E-state index is 12.9. The Hall–Kier alpha value is -3.80. The van der Waals surface area contributed by atoms with E-state index in [-0.39, 0.29) is 11.8 Å². The summed E-state index contributed by atoms with van der Waals surface area (Å²) in [5.74, 6) is 0.333. The van der Waals surface area contributed by atoms with E-state index >= 15 is 0 Å². The molecular weight excluding hydrogens is 392 g/mol. The van der Waals surface area contributed by atoms with Crippen LogP contribution >= 0.6 is 0 Å². The van der Waals surface area contributed by atoms with Crippen LogP contribution in [-0.4, -0.2) is 26.0 Å². The number of aryl methyl sites for hydroxylation is 2. The van der Waals surface area contributed by atoms with Crippen molar-refractivity contribution in [3.63, 3.8) is 0 Å². The zero-order valence-corrected chi connectivity index (χ0v) is 17.5. The first-order chi connectivity index (χ1) is 15.1. The number of carbonyl (C=O) groups is 2. The summed E-state index contributed by atoms with van der Waals surface area (Å²) in [6, 6.07) is 18.0. The van der Waals surface area contributed by atoms with Crippen molar-refractivity contribution in [3.8, 4) is 11.5 Å². The number of rotatable bonds is 6. The van der Waals surface area contributed by atoms with E-state index in [0.29, 0.717) is 34.0 Å². The molecule has 0 fully saturated rings. The van der Waals surface area contributed by atoms with Gasteiger partial charge in [-0.15, -0.1) is 0 Å². The number of hydrogen-bond acceptors (Lipinski definition) is 4. The summed E-state index contributed by atoms with van der Waals surface area (Å²) in [5, 5.41) is 5.74. The van der Waals surface area contributed by atoms with E-state index in [0.717, 1.165) is 19.3 Å². The lowest BCUT2D eigenvalue weighted by Gasteiger charge is -2.16. The number of fused-ring (bicyclic) bond motifs is 1. The Balaban J connectivity index is 1.58. The minimum atomic E-state index is -0.268. The van der Waals surface area contributed by atoms with Gasteiger partial charge in [0.05, 0.1) is 25.6 Å². The minimum Gasteiger partial charge on any atom is -0.494 e. The van der Waals surface area contributed by atoms with Gasteiger partial charge in [-0.25, -0.2) is 0 Å². The maximum Gasteiger partial charge on any atom is 0.255 e. The Morgan fingerprint density at radius 3 is 1.90 bits per heavy atom. The fourth-order valence-corrected chi connectivity index (χ4v) is 3.78. The molecule has 0 spiro atoms. The summed E-state index contributed by atoms with van der Waals surface area (Å²) in [7, 11) is 3.02. The van der Waals surface area contributed by atoms with Gasteiger partial charge in [-0.2, -0.15) is 0 Å². The van der Waals surface area contributed by atoms with Gasteiger partial charge in [0.1, 0.15) is 11.5 Å². The van der Waals surface area contributed by atoms with E-state index < -0.39 is 0 Å². The van der Waals surface area contributed by atoms with E-state index in [1.807, 2.05) is 24.3 Å². The number of benzene rings is 3. The Kier molecular flexibility index (Phi) is 5.89. The third-order valence-corrected chi connectivity index (χ3v) is 5.41. The number of amides is 2. The molecule has 6 heteroatoms. The average molecular weight is 416 g/mol. The van der Waals surface area contributed by atoms with Crippen LogP contribution in [-0.2, 0) is 12.8 Å². The molecule has 3 aromatic carbocycles. The minimum absolute atomic E-state index is 0.226. The summed E-state index contributed by atoms with van der Waals surface area (Å²) < 4.78 is 10.9. The summed E-state index contributed by atoms with van der Waals surface area (Å²) >= 11 is 0. The molecule has 3 aromatic rings. The van der Waals surface area contributed by atoms with Gasteiger partial charge in [0.25, 0.3) is 11.8 Å². The topological polar surface area (TPSA) is 76.7 Å². The fourth-order valence-electron chi connectivity index (χ4n) is 3.78. The molecule has 1 aliphatic carbocycles. The molecule has 2 N–H and O–H groups in total. The van der Waals surface area contributed by atoms with E-state index in [9.17, 15) is 9.59 Å². The van der Waals surface area contributed by atoms with E-state index in [2.05, 4.69) is 10.6 Å². The van der Waals surface area contributed by atoms with Crippen LogP contribution in [0.25, 0.3) is 0 Å². The highest BCUT2D eigenvalue weighted by Crippen LogP contribution is 2.37. The van der Waals surface area contributed by atoms with Crippen LogP contribution in [0, 0.1) is 0 Å². The van der Waals surface area contributed by atoms with Gasteiger partial charge in [0.2, 0.25) is 0 Å². The molecule has 0 heterocycles. The predicted octanol–water partition coefficient (Wildman–Crippen LogP) is 4.70. The Labute approximate surface area is 181 Å². The van der Waals surface area contributed by atoms with E-state index in [1.165, 1.54) is 25.3 Å². The maximum absolute atomic E-state index is 12.9. The summed E-state index contributed by atoms with van der Waals surface area (Å²) in [6.45, 7) is 0. The molecule has 4 rings (SSSR count). The van der Waals surface area contributed by atoms with E-state index in [4.69, 9.17) is 9.47 Å². The molecule has 158 valence electrons. The Bertz CT molecular complexity index is 1130. The standard InChI is InChI=1S/C25H24N2O4/c1-30-22-15-21(27-25(29)19-12-11-16-9-6-10-18(16)13-19)23(31-2)14-20(22)26-24(28)17-7-4-3-5-8-17/h3-5,7-8,11-15H,6,9-10H2,1-2H3,(H,26,28)(H,27,29). The molecule has 0 unspecified atom stereocenters. The molecule has 1 aliphatic rings. The molecule has 0 bridgehead atoms. The van der Waals surface area contributed by atoms with Crippen molar-refractivity contribution in [1.29, 1.82) is 0 Å². The molecule has 0 aromatic heterocycles. The van der Waals surface area contributed by atoms with Crippen molar-refractivity contribution in [1.82, 2.24) is 0 Å². The molecule has 0 saturated heterocycles. The number of hydrogen-bond donors (Lipinski definition) is 2. The monoisotopic (exact) mass is 416 g/mol. The molecular formula is C25H24N2O4. The fraction of sp³-hybridized carbons (Fsp3) is 0.200. The zero-order valence-electron chi connectivity index (χ0n) is 17.5. The van der Waals surface area contributed by atoms with Crippen LogP contribution < -0.4 is 20.1 Å². The van der Waals surface area contributed by atoms with Crippen LogP contribution in [0.1, 0.15) is 38.3 Å². The molecule has 0 atom stereocenters. The number of methoxy groups -OCH3 is 2. The Morgan fingerprint density at radius 2 is 1.29 bits per heavy atom.